The van der Waals surface area contributed by atoms with E-state index in [1.165, 1.54) is 12.1 Å². The average molecular weight is 377 g/mol. The number of rotatable bonds is 4. The smallest absolute Gasteiger partial charge is 0.329 e. The standard InChI is InChI=1S/C21H16FN3O3/c1-13-12-14(5-10-17(13)22)19-20(26)25(21(27)24-19)15-6-8-16(9-7-15)28-18-4-2-3-11-23-18/h2-12,19H,1H3,(H,24,27). The molecule has 3 aromatic rings. The summed E-state index contributed by atoms with van der Waals surface area (Å²) < 4.78 is 19.1. The quantitative estimate of drug-likeness (QED) is 0.695. The van der Waals surface area contributed by atoms with Crippen molar-refractivity contribution in [3.8, 4) is 11.6 Å². The van der Waals surface area contributed by atoms with E-state index in [1.54, 1.807) is 61.7 Å². The van der Waals surface area contributed by atoms with Crippen LogP contribution < -0.4 is 15.0 Å². The number of carbonyl (C=O) groups is 2. The zero-order chi connectivity index (χ0) is 19.7. The molecular weight excluding hydrogens is 361 g/mol. The number of urea groups is 1. The number of hydrogen-bond acceptors (Lipinski definition) is 4. The molecule has 1 saturated heterocycles. The van der Waals surface area contributed by atoms with Crippen LogP contribution in [0.1, 0.15) is 17.2 Å². The molecule has 0 saturated carbocycles. The molecule has 0 spiro atoms. The Kier molecular flexibility index (Phi) is 4.49. The lowest BCUT2D eigenvalue weighted by molar-refractivity contribution is -0.118. The summed E-state index contributed by atoms with van der Waals surface area (Å²) in [4.78, 5) is 30.3. The molecule has 6 nitrogen and oxygen atoms in total. The minimum absolute atomic E-state index is 0.360. The molecule has 3 amide bonds. The van der Waals surface area contributed by atoms with Gasteiger partial charge in [-0.15, -0.1) is 0 Å². The zero-order valence-corrected chi connectivity index (χ0v) is 14.9. The van der Waals surface area contributed by atoms with Crippen LogP contribution in [0.2, 0.25) is 0 Å². The molecule has 1 atom stereocenters. The van der Waals surface area contributed by atoms with Crippen LogP contribution in [0.25, 0.3) is 0 Å². The highest BCUT2D eigenvalue weighted by Crippen LogP contribution is 2.30. The molecule has 7 heteroatoms. The van der Waals surface area contributed by atoms with Crippen molar-refractivity contribution in [2.45, 2.75) is 13.0 Å². The number of hydrogen-bond donors (Lipinski definition) is 1. The summed E-state index contributed by atoms with van der Waals surface area (Å²) in [5.74, 6) is 0.187. The van der Waals surface area contributed by atoms with Gasteiger partial charge < -0.3 is 10.1 Å². The van der Waals surface area contributed by atoms with Crippen molar-refractivity contribution < 1.29 is 18.7 Å². The molecule has 0 aliphatic carbocycles. The van der Waals surface area contributed by atoms with Crippen LogP contribution in [-0.4, -0.2) is 16.9 Å². The highest BCUT2D eigenvalue weighted by Gasteiger charge is 2.40. The lowest BCUT2D eigenvalue weighted by atomic mass is 10.0. The molecule has 1 aromatic heterocycles. The molecule has 1 N–H and O–H groups in total. The number of carbonyl (C=O) groups excluding carboxylic acids is 2. The summed E-state index contributed by atoms with van der Waals surface area (Å²) in [6.07, 6.45) is 1.62. The molecule has 2 heterocycles. The minimum atomic E-state index is -0.851. The van der Waals surface area contributed by atoms with Crippen LogP contribution in [0.5, 0.6) is 11.6 Å². The Morgan fingerprint density at radius 3 is 2.54 bits per heavy atom. The Labute approximate surface area is 160 Å². The molecule has 0 radical (unpaired) electrons. The van der Waals surface area contributed by atoms with Gasteiger partial charge in [-0.25, -0.2) is 19.1 Å². The number of nitrogens with zero attached hydrogens (tertiary/aromatic N) is 2. The lowest BCUT2D eigenvalue weighted by Crippen LogP contribution is -2.30. The second kappa shape index (κ2) is 7.11. The Balaban J connectivity index is 1.54. The largest absolute Gasteiger partial charge is 0.439 e. The number of benzene rings is 2. The van der Waals surface area contributed by atoms with Crippen molar-refractivity contribution in [3.05, 3.63) is 83.8 Å². The molecule has 1 aliphatic heterocycles. The number of ether oxygens (including phenoxy) is 1. The van der Waals surface area contributed by atoms with Gasteiger partial charge in [-0.05, 0) is 54.4 Å². The molecule has 1 aliphatic rings. The van der Waals surface area contributed by atoms with E-state index < -0.39 is 18.0 Å². The number of nitrogens with one attached hydrogen (secondary N) is 1. The van der Waals surface area contributed by atoms with Gasteiger partial charge in [0.15, 0.2) is 0 Å². The first-order valence-corrected chi connectivity index (χ1v) is 8.62. The fourth-order valence-electron chi connectivity index (χ4n) is 2.99. The van der Waals surface area contributed by atoms with Crippen LogP contribution >= 0.6 is 0 Å². The van der Waals surface area contributed by atoms with Gasteiger partial charge in [0.2, 0.25) is 5.88 Å². The minimum Gasteiger partial charge on any atom is -0.439 e. The van der Waals surface area contributed by atoms with E-state index >= 15 is 0 Å². The van der Waals surface area contributed by atoms with Crippen LogP contribution in [0.3, 0.4) is 0 Å². The summed E-state index contributed by atoms with van der Waals surface area (Å²) in [5.41, 5.74) is 1.36. The van der Waals surface area contributed by atoms with E-state index in [4.69, 9.17) is 4.74 Å². The van der Waals surface area contributed by atoms with Crippen LogP contribution in [0.15, 0.2) is 66.9 Å². The number of aryl methyl sites for hydroxylation is 1. The number of amides is 3. The second-order valence-corrected chi connectivity index (χ2v) is 6.33. The normalized spacial score (nSPS) is 16.2. The number of pyridine rings is 1. The van der Waals surface area contributed by atoms with E-state index in [0.717, 1.165) is 4.90 Å². The van der Waals surface area contributed by atoms with Crippen LogP contribution in [0.4, 0.5) is 14.9 Å². The summed E-state index contributed by atoms with van der Waals surface area (Å²) in [5, 5.41) is 2.64. The lowest BCUT2D eigenvalue weighted by Gasteiger charge is -2.14. The average Bonchev–Trinajstić information content (AvgIpc) is 3.00. The van der Waals surface area contributed by atoms with Crippen molar-refractivity contribution >= 4 is 17.6 Å². The third-order valence-corrected chi connectivity index (χ3v) is 4.41. The Hall–Kier alpha value is -3.74. The van der Waals surface area contributed by atoms with Crippen molar-refractivity contribution in [2.75, 3.05) is 4.90 Å². The van der Waals surface area contributed by atoms with Gasteiger partial charge in [0.25, 0.3) is 5.91 Å². The molecular formula is C21H16FN3O3. The maximum Gasteiger partial charge on any atom is 0.329 e. The number of halogens is 1. The van der Waals surface area contributed by atoms with Gasteiger partial charge in [-0.3, -0.25) is 4.79 Å². The predicted molar refractivity (Wildman–Crippen MR) is 101 cm³/mol. The molecule has 1 unspecified atom stereocenters. The third-order valence-electron chi connectivity index (χ3n) is 4.41. The summed E-state index contributed by atoms with van der Waals surface area (Å²) in [6, 6.07) is 14.8. The van der Waals surface area contributed by atoms with E-state index in [0.29, 0.717) is 28.4 Å². The summed E-state index contributed by atoms with van der Waals surface area (Å²) in [7, 11) is 0. The van der Waals surface area contributed by atoms with Crippen LogP contribution in [-0.2, 0) is 4.79 Å². The fraction of sp³-hybridized carbons (Fsp3) is 0.0952. The van der Waals surface area contributed by atoms with Crippen molar-refractivity contribution in [3.63, 3.8) is 0 Å². The third kappa shape index (κ3) is 3.29. The fourth-order valence-corrected chi connectivity index (χ4v) is 2.99. The van der Waals surface area contributed by atoms with E-state index in [-0.39, 0.29) is 5.82 Å². The first kappa shape index (κ1) is 17.7. The maximum atomic E-state index is 13.5. The van der Waals surface area contributed by atoms with E-state index in [9.17, 15) is 14.0 Å². The van der Waals surface area contributed by atoms with Gasteiger partial charge in [-0.1, -0.05) is 18.2 Å². The Morgan fingerprint density at radius 2 is 1.86 bits per heavy atom. The van der Waals surface area contributed by atoms with Gasteiger partial charge in [0.1, 0.15) is 17.6 Å². The maximum absolute atomic E-state index is 13.5. The van der Waals surface area contributed by atoms with Crippen molar-refractivity contribution in [1.82, 2.24) is 10.3 Å². The first-order chi connectivity index (χ1) is 13.5. The second-order valence-electron chi connectivity index (χ2n) is 6.33. The number of imide groups is 1. The zero-order valence-electron chi connectivity index (χ0n) is 14.9. The Morgan fingerprint density at radius 1 is 1.07 bits per heavy atom. The van der Waals surface area contributed by atoms with Gasteiger partial charge in [0.05, 0.1) is 5.69 Å². The van der Waals surface area contributed by atoms with Gasteiger partial charge in [-0.2, -0.15) is 0 Å². The van der Waals surface area contributed by atoms with E-state index in [1.807, 2.05) is 0 Å². The van der Waals surface area contributed by atoms with Crippen molar-refractivity contribution in [2.24, 2.45) is 0 Å². The number of anilines is 1. The summed E-state index contributed by atoms with van der Waals surface area (Å²) in [6.45, 7) is 1.61. The molecule has 2 aromatic carbocycles. The molecule has 0 bridgehead atoms. The monoisotopic (exact) mass is 377 g/mol. The molecule has 4 rings (SSSR count). The molecule has 140 valence electrons. The Bertz CT molecular complexity index is 1040. The number of aromatic nitrogens is 1. The van der Waals surface area contributed by atoms with Crippen molar-refractivity contribution in [1.29, 1.82) is 0 Å². The topological polar surface area (TPSA) is 71.5 Å². The van der Waals surface area contributed by atoms with Gasteiger partial charge in [0, 0.05) is 12.3 Å². The van der Waals surface area contributed by atoms with E-state index in [2.05, 4.69) is 10.3 Å². The first-order valence-electron chi connectivity index (χ1n) is 8.62. The summed E-state index contributed by atoms with van der Waals surface area (Å²) >= 11 is 0. The highest BCUT2D eigenvalue weighted by molar-refractivity contribution is 6.21. The predicted octanol–water partition coefficient (Wildman–Crippen LogP) is 4.12. The molecule has 1 fully saturated rings. The van der Waals surface area contributed by atoms with Gasteiger partial charge >= 0.3 is 6.03 Å². The van der Waals surface area contributed by atoms with Crippen LogP contribution in [0, 0.1) is 12.7 Å². The highest BCUT2D eigenvalue weighted by atomic mass is 19.1. The SMILES string of the molecule is Cc1cc(C2NC(=O)N(c3ccc(Oc4ccccn4)cc3)C2=O)ccc1F. The molecule has 28 heavy (non-hydrogen) atoms.